The predicted octanol–water partition coefficient (Wildman–Crippen LogP) is 39.4. The number of fused-ring (bicyclic) bond motifs is 11. The Hall–Kier alpha value is -12.5. The van der Waals surface area contributed by atoms with Gasteiger partial charge >= 0.3 is 0 Å². The molecule has 0 saturated heterocycles. The van der Waals surface area contributed by atoms with E-state index in [1.165, 1.54) is 153 Å². The van der Waals surface area contributed by atoms with Gasteiger partial charge < -0.3 is 0 Å². The average molecular weight is 1680 g/mol. The molecule has 0 bridgehead atoms. The highest BCUT2D eigenvalue weighted by molar-refractivity contribution is 6.04. The molecule has 18 aromatic carbocycles. The van der Waals surface area contributed by atoms with E-state index in [-0.39, 0.29) is 0 Å². The van der Waals surface area contributed by atoms with Gasteiger partial charge in [0, 0.05) is 5.92 Å². The molecule has 0 aromatic heterocycles. The third-order valence-corrected chi connectivity index (χ3v) is 21.8. The molecule has 2 aliphatic carbocycles. The molecule has 20 rings (SSSR count). The highest BCUT2D eigenvalue weighted by Gasteiger charge is 2.13. The minimum Gasteiger partial charge on any atom is -0.0836 e. The maximum atomic E-state index is 2.32. The lowest BCUT2D eigenvalue weighted by Gasteiger charge is -2.16. The van der Waals surface area contributed by atoms with Crippen molar-refractivity contribution in [2.75, 3.05) is 0 Å². The van der Waals surface area contributed by atoms with E-state index in [2.05, 4.69) is 522 Å². The molecule has 0 radical (unpaired) electrons. The van der Waals surface area contributed by atoms with Crippen LogP contribution in [0.3, 0.4) is 0 Å². The van der Waals surface area contributed by atoms with Crippen LogP contribution in [-0.4, -0.2) is 0 Å². The largest absolute Gasteiger partial charge is 0.0836 e. The van der Waals surface area contributed by atoms with Gasteiger partial charge in [0.05, 0.1) is 0 Å². The molecule has 656 valence electrons. The van der Waals surface area contributed by atoms with E-state index in [4.69, 9.17) is 0 Å². The molecule has 0 nitrogen and oxygen atoms in total. The number of benzene rings is 18. The van der Waals surface area contributed by atoms with Crippen LogP contribution in [0.1, 0.15) is 221 Å². The minimum absolute atomic E-state index is 0.547. The molecule has 0 aliphatic heterocycles. The van der Waals surface area contributed by atoms with Crippen molar-refractivity contribution in [2.45, 2.75) is 187 Å². The Morgan fingerprint density at radius 1 is 0.195 bits per heavy atom. The summed E-state index contributed by atoms with van der Waals surface area (Å²) in [6.07, 6.45) is 16.4. The van der Waals surface area contributed by atoms with Gasteiger partial charge in [0.1, 0.15) is 0 Å². The van der Waals surface area contributed by atoms with Gasteiger partial charge in [-0.25, -0.2) is 0 Å². The lowest BCUT2D eigenvalue weighted by atomic mass is 9.88. The predicted molar refractivity (Wildman–Crippen MR) is 576 cm³/mol. The van der Waals surface area contributed by atoms with Crippen molar-refractivity contribution in [3.63, 3.8) is 0 Å². The molecule has 0 heterocycles. The molecule has 0 amide bonds. The van der Waals surface area contributed by atoms with Crippen LogP contribution in [0.5, 0.6) is 0 Å². The van der Waals surface area contributed by atoms with E-state index in [0.717, 1.165) is 17.8 Å². The average Bonchev–Trinajstić information content (AvgIpc) is 0.762. The van der Waals surface area contributed by atoms with Crippen LogP contribution < -0.4 is 0 Å². The monoisotopic (exact) mass is 1680 g/mol. The SMILES string of the molecule is C1=CCC2C=CC=CC2=C1.CC(C)C.CC(C)C.CC(C)C.CC(C)c1c2ccccc2cc2ccccc12.CC(C)c1ccc2cc3ccccc3cc2c1.CC(C)c1ccc2ccccc2c1.CC(C)c1cccc2cc3ccccc3cc12.CC(C)c1cccc2ccccc12.CC(C)c1ccccc1.c1ccc2cc3ccccc3cc2c1.c1ccccc1. The standard InChI is InChI=1S/3C17H16.C14H10.2C13H14.C10H10.C9H12.C6H6.3C4H10/c1-12(2)17-15-9-5-3-7-13(15)11-14-8-4-6-10-16(14)17;1-12(2)16-9-5-8-15-10-13-6-3-4-7-14(13)11-17(15)16;1-12(2)13-7-8-16-10-14-5-3-4-6-15(14)11-17(16)9-13;1-2-6-12-10-14-8-4-3-7-13(14)9-11(12)5-1;1-10(2)12-9-5-7-11-6-3-4-8-13(11)12;1-10(2)12-8-7-11-5-3-4-6-13(11)9-12;1-2-6-10-8-4-3-7-9(10)5-1;1-8(2)9-6-4-3-5-7-9;1-2-4-6-5-3-1;3*1-4(2)3/h3*3-12H,1-2H3;1-10H;2*3-10H,1-2H3;1-7,10H,8H2;3-8H,1-2H3;1-6H;3*4H,1-3H3. The molecule has 0 N–H and O–H groups in total. The van der Waals surface area contributed by atoms with E-state index in [0.29, 0.717) is 41.4 Å². The molecule has 1 atom stereocenters. The van der Waals surface area contributed by atoms with Crippen molar-refractivity contribution in [1.82, 2.24) is 0 Å². The van der Waals surface area contributed by atoms with Crippen molar-refractivity contribution in [3.05, 3.63) is 458 Å². The summed E-state index contributed by atoms with van der Waals surface area (Å²) < 4.78 is 0. The summed E-state index contributed by atoms with van der Waals surface area (Å²) in [5.41, 5.74) is 10.0. The fourth-order valence-corrected chi connectivity index (χ4v) is 15.3. The third-order valence-electron chi connectivity index (χ3n) is 21.8. The first-order valence-electron chi connectivity index (χ1n) is 47.1. The van der Waals surface area contributed by atoms with Crippen molar-refractivity contribution in [2.24, 2.45) is 23.7 Å². The maximum Gasteiger partial charge on any atom is 0.00557 e. The van der Waals surface area contributed by atoms with Gasteiger partial charge in [0.2, 0.25) is 0 Å². The minimum atomic E-state index is 0.547. The summed E-state index contributed by atoms with van der Waals surface area (Å²) in [4.78, 5) is 0. The Labute approximate surface area is 771 Å². The van der Waals surface area contributed by atoms with Crippen LogP contribution in [-0.2, 0) is 0 Å². The van der Waals surface area contributed by atoms with Crippen molar-refractivity contribution in [3.8, 4) is 0 Å². The Balaban J connectivity index is 0.000000162. The van der Waals surface area contributed by atoms with E-state index < -0.39 is 0 Å². The zero-order valence-corrected chi connectivity index (χ0v) is 80.8. The Morgan fingerprint density at radius 3 is 0.883 bits per heavy atom. The number of hydrogen-bond acceptors (Lipinski definition) is 0. The van der Waals surface area contributed by atoms with Gasteiger partial charge in [-0.15, -0.1) is 0 Å². The van der Waals surface area contributed by atoms with Gasteiger partial charge in [-0.3, -0.25) is 0 Å². The highest BCUT2D eigenvalue weighted by Crippen LogP contribution is 2.36. The summed E-state index contributed by atoms with van der Waals surface area (Å²) >= 11 is 0. The van der Waals surface area contributed by atoms with Crippen molar-refractivity contribution < 1.29 is 0 Å². The first-order chi connectivity index (χ1) is 61.7. The number of hydrogen-bond donors (Lipinski definition) is 0. The van der Waals surface area contributed by atoms with Crippen LogP contribution in [0.25, 0.3) is 108 Å². The molecule has 0 heteroatoms. The summed E-state index contributed by atoms with van der Waals surface area (Å²) in [5.74, 6) is 6.74. The van der Waals surface area contributed by atoms with Gasteiger partial charge in [-0.05, 0) is 249 Å². The van der Waals surface area contributed by atoms with Gasteiger partial charge in [0.15, 0.2) is 0 Å². The van der Waals surface area contributed by atoms with Crippen LogP contribution in [0, 0.1) is 23.7 Å². The molecule has 0 fully saturated rings. The lowest BCUT2D eigenvalue weighted by molar-refractivity contribution is 0.736. The third kappa shape index (κ3) is 31.5. The molecule has 128 heavy (non-hydrogen) atoms. The zero-order chi connectivity index (χ0) is 91.9. The van der Waals surface area contributed by atoms with Crippen LogP contribution in [0.4, 0.5) is 0 Å². The van der Waals surface area contributed by atoms with E-state index >= 15 is 0 Å². The Bertz CT molecular complexity index is 6230. The summed E-state index contributed by atoms with van der Waals surface area (Å²) in [7, 11) is 0. The van der Waals surface area contributed by atoms with Crippen LogP contribution in [0.2, 0.25) is 0 Å². The van der Waals surface area contributed by atoms with E-state index in [1.54, 1.807) is 0 Å². The van der Waals surface area contributed by atoms with Crippen molar-refractivity contribution >= 4 is 108 Å². The zero-order valence-electron chi connectivity index (χ0n) is 80.8. The van der Waals surface area contributed by atoms with Crippen LogP contribution >= 0.6 is 0 Å². The Kier molecular flexibility index (Phi) is 40.3. The summed E-state index contributed by atoms with van der Waals surface area (Å²) in [6, 6.07) is 134. The van der Waals surface area contributed by atoms with E-state index in [1.807, 2.05) is 42.5 Å². The second-order valence-corrected chi connectivity index (χ2v) is 37.4. The fourth-order valence-electron chi connectivity index (χ4n) is 15.3. The highest BCUT2D eigenvalue weighted by atomic mass is 14.2. The van der Waals surface area contributed by atoms with Gasteiger partial charge in [0.25, 0.3) is 0 Å². The lowest BCUT2D eigenvalue weighted by Crippen LogP contribution is -2.02. The summed E-state index contributed by atoms with van der Waals surface area (Å²) in [5, 5.41) is 26.8. The normalized spacial score (nSPS) is 12.1. The Morgan fingerprint density at radius 2 is 0.484 bits per heavy atom. The second-order valence-electron chi connectivity index (χ2n) is 37.4. The first kappa shape index (κ1) is 99.3. The van der Waals surface area contributed by atoms with E-state index in [9.17, 15) is 0 Å². The fraction of sp³-hybridized carbons (Fsp3) is 0.250. The topological polar surface area (TPSA) is 0 Å². The molecule has 0 saturated carbocycles. The molecular formula is C128H144. The molecule has 0 spiro atoms. The molecular weight excluding hydrogens is 1540 g/mol. The summed E-state index contributed by atoms with van der Waals surface area (Å²) in [6.45, 7) is 46.4. The molecule has 2 aliphatic rings. The quantitative estimate of drug-likeness (QED) is 0.146. The van der Waals surface area contributed by atoms with Crippen molar-refractivity contribution in [1.29, 1.82) is 0 Å². The van der Waals surface area contributed by atoms with Gasteiger partial charge in [-0.1, -0.05) is 522 Å². The molecule has 18 aromatic rings. The number of allylic oxidation sites excluding steroid dienone is 8. The van der Waals surface area contributed by atoms with Crippen LogP contribution in [0.15, 0.2) is 424 Å². The molecule has 1 unspecified atom stereocenters. The maximum absolute atomic E-state index is 2.32. The second kappa shape index (κ2) is 52.0. The number of rotatable bonds is 6. The van der Waals surface area contributed by atoms with Gasteiger partial charge in [-0.2, -0.15) is 0 Å². The smallest absolute Gasteiger partial charge is 0.00557 e. The first-order valence-corrected chi connectivity index (χ1v) is 47.1.